The van der Waals surface area contributed by atoms with Crippen LogP contribution in [0.3, 0.4) is 0 Å². The second-order valence-electron chi connectivity index (χ2n) is 3.67. The van der Waals surface area contributed by atoms with Crippen LogP contribution < -0.4 is 4.74 Å². The highest BCUT2D eigenvalue weighted by Crippen LogP contribution is 2.17. The van der Waals surface area contributed by atoms with Crippen LogP contribution in [0.2, 0.25) is 0 Å². The first-order valence-electron chi connectivity index (χ1n) is 5.52. The average Bonchev–Trinajstić information content (AvgIpc) is 2.84. The smallest absolute Gasteiger partial charge is 0.339 e. The van der Waals surface area contributed by atoms with Gasteiger partial charge >= 0.3 is 5.97 Å². The van der Waals surface area contributed by atoms with Gasteiger partial charge in [0.1, 0.15) is 12.2 Å². The van der Waals surface area contributed by atoms with Crippen molar-refractivity contribution in [2.45, 2.75) is 20.1 Å². The zero-order valence-corrected chi connectivity index (χ0v) is 9.91. The van der Waals surface area contributed by atoms with Gasteiger partial charge in [-0.25, -0.2) is 4.79 Å². The number of ether oxygens (including phenoxy) is 1. The fourth-order valence-corrected chi connectivity index (χ4v) is 1.49. The van der Waals surface area contributed by atoms with Crippen molar-refractivity contribution in [3.05, 3.63) is 42.0 Å². The number of rotatable bonds is 5. The highest BCUT2D eigenvalue weighted by Gasteiger charge is 2.11. The number of hydrogen-bond donors (Lipinski definition) is 1. The molecule has 0 bridgehead atoms. The van der Waals surface area contributed by atoms with Crippen LogP contribution in [0.4, 0.5) is 0 Å². The van der Waals surface area contributed by atoms with Crippen LogP contribution in [0.25, 0.3) is 0 Å². The van der Waals surface area contributed by atoms with Crippen LogP contribution >= 0.6 is 0 Å². The molecule has 0 saturated heterocycles. The Balaban J connectivity index is 2.08. The summed E-state index contributed by atoms with van der Waals surface area (Å²) in [6, 6.07) is 1.41. The molecule has 2 aromatic heterocycles. The van der Waals surface area contributed by atoms with Crippen LogP contribution in [0.5, 0.6) is 5.75 Å². The molecule has 0 aliphatic rings. The minimum Gasteiger partial charge on any atom is -0.486 e. The van der Waals surface area contributed by atoms with Crippen molar-refractivity contribution in [1.82, 2.24) is 14.8 Å². The van der Waals surface area contributed by atoms with Crippen molar-refractivity contribution >= 4 is 5.97 Å². The van der Waals surface area contributed by atoms with Crippen molar-refractivity contribution in [3.63, 3.8) is 0 Å². The van der Waals surface area contributed by atoms with E-state index in [1.807, 2.05) is 13.1 Å². The number of nitrogens with zero attached hydrogens (tertiary/aromatic N) is 3. The summed E-state index contributed by atoms with van der Waals surface area (Å²) in [5, 5.41) is 13.1. The minimum absolute atomic E-state index is 0.105. The highest BCUT2D eigenvalue weighted by molar-refractivity contribution is 5.90. The van der Waals surface area contributed by atoms with Crippen molar-refractivity contribution in [3.8, 4) is 5.75 Å². The first kappa shape index (κ1) is 12.1. The molecule has 0 fully saturated rings. The van der Waals surface area contributed by atoms with Crippen LogP contribution in [-0.4, -0.2) is 25.8 Å². The topological polar surface area (TPSA) is 77.2 Å². The molecule has 0 saturated carbocycles. The van der Waals surface area contributed by atoms with E-state index in [1.165, 1.54) is 18.5 Å². The number of carbonyl (C=O) groups is 1. The zero-order chi connectivity index (χ0) is 13.0. The average molecular weight is 247 g/mol. The standard InChI is InChI=1S/C12H13N3O3/c1-2-15-7-9(5-14-15)8-18-11-6-13-4-3-10(11)12(16)17/h3-7H,2,8H2,1H3,(H,16,17). The van der Waals surface area contributed by atoms with Crippen molar-refractivity contribution in [2.75, 3.05) is 0 Å². The number of carboxylic acids is 1. The molecule has 18 heavy (non-hydrogen) atoms. The lowest BCUT2D eigenvalue weighted by Crippen LogP contribution is -2.03. The molecule has 2 aromatic rings. The Labute approximate surface area is 104 Å². The second-order valence-corrected chi connectivity index (χ2v) is 3.67. The molecular formula is C12H13N3O3. The summed E-state index contributed by atoms with van der Waals surface area (Å²) in [5.74, 6) is -0.772. The lowest BCUT2D eigenvalue weighted by atomic mass is 10.2. The van der Waals surface area contributed by atoms with Crippen molar-refractivity contribution in [1.29, 1.82) is 0 Å². The molecule has 0 unspecified atom stereocenters. The first-order valence-corrected chi connectivity index (χ1v) is 5.52. The SMILES string of the molecule is CCn1cc(COc2cnccc2C(=O)O)cn1. The van der Waals surface area contributed by atoms with E-state index >= 15 is 0 Å². The highest BCUT2D eigenvalue weighted by atomic mass is 16.5. The third-order valence-corrected chi connectivity index (χ3v) is 2.42. The fourth-order valence-electron chi connectivity index (χ4n) is 1.49. The number of aromatic nitrogens is 3. The Morgan fingerprint density at radius 3 is 3.00 bits per heavy atom. The minimum atomic E-state index is -1.03. The molecule has 0 amide bonds. The third kappa shape index (κ3) is 2.65. The fraction of sp³-hybridized carbons (Fsp3) is 0.250. The zero-order valence-electron chi connectivity index (χ0n) is 9.91. The van der Waals surface area contributed by atoms with Gasteiger partial charge in [-0.2, -0.15) is 5.10 Å². The van der Waals surface area contributed by atoms with Gasteiger partial charge in [0.15, 0.2) is 5.75 Å². The molecule has 0 aliphatic carbocycles. The van der Waals surface area contributed by atoms with Crippen LogP contribution in [0, 0.1) is 0 Å². The van der Waals surface area contributed by atoms with Crippen molar-refractivity contribution in [2.24, 2.45) is 0 Å². The monoisotopic (exact) mass is 247 g/mol. The van der Waals surface area contributed by atoms with Gasteiger partial charge < -0.3 is 9.84 Å². The van der Waals surface area contributed by atoms with Gasteiger partial charge in [0, 0.05) is 24.5 Å². The summed E-state index contributed by atoms with van der Waals surface area (Å²) in [6.45, 7) is 3.04. The van der Waals surface area contributed by atoms with Gasteiger partial charge in [-0.05, 0) is 13.0 Å². The third-order valence-electron chi connectivity index (χ3n) is 2.42. The number of pyridine rings is 1. The summed E-state index contributed by atoms with van der Waals surface area (Å²) in [6.07, 6.45) is 6.37. The molecule has 94 valence electrons. The van der Waals surface area contributed by atoms with E-state index < -0.39 is 5.97 Å². The van der Waals surface area contributed by atoms with E-state index in [4.69, 9.17) is 9.84 Å². The van der Waals surface area contributed by atoms with E-state index in [0.717, 1.165) is 12.1 Å². The summed E-state index contributed by atoms with van der Waals surface area (Å²) in [4.78, 5) is 14.8. The molecule has 0 radical (unpaired) electrons. The van der Waals surface area contributed by atoms with Gasteiger partial charge in [0.2, 0.25) is 0 Å². The van der Waals surface area contributed by atoms with Crippen LogP contribution in [0.15, 0.2) is 30.9 Å². The Bertz CT molecular complexity index is 551. The Hall–Kier alpha value is -2.37. The predicted molar refractivity (Wildman–Crippen MR) is 63.4 cm³/mol. The van der Waals surface area contributed by atoms with Crippen molar-refractivity contribution < 1.29 is 14.6 Å². The quantitative estimate of drug-likeness (QED) is 0.867. The van der Waals surface area contributed by atoms with E-state index in [2.05, 4.69) is 10.1 Å². The summed E-state index contributed by atoms with van der Waals surface area (Å²) < 4.78 is 7.22. The Morgan fingerprint density at radius 2 is 2.33 bits per heavy atom. The second kappa shape index (κ2) is 5.31. The normalized spacial score (nSPS) is 10.3. The number of aryl methyl sites for hydroxylation is 1. The van der Waals surface area contributed by atoms with Gasteiger partial charge in [-0.15, -0.1) is 0 Å². The molecule has 6 nitrogen and oxygen atoms in total. The molecule has 2 rings (SSSR count). The van der Waals surface area contributed by atoms with Crippen LogP contribution in [-0.2, 0) is 13.2 Å². The summed E-state index contributed by atoms with van der Waals surface area (Å²) in [5.41, 5.74) is 0.991. The Kier molecular flexibility index (Phi) is 3.57. The molecule has 0 atom stereocenters. The van der Waals surface area contributed by atoms with Crippen LogP contribution in [0.1, 0.15) is 22.8 Å². The first-order chi connectivity index (χ1) is 8.70. The maximum absolute atomic E-state index is 11.0. The largest absolute Gasteiger partial charge is 0.486 e. The molecule has 6 heteroatoms. The van der Waals surface area contributed by atoms with E-state index in [-0.39, 0.29) is 17.9 Å². The lowest BCUT2D eigenvalue weighted by molar-refractivity contribution is 0.0691. The van der Waals surface area contributed by atoms with E-state index in [1.54, 1.807) is 10.9 Å². The predicted octanol–water partition coefficient (Wildman–Crippen LogP) is 1.58. The molecule has 0 spiro atoms. The molecule has 1 N–H and O–H groups in total. The van der Waals surface area contributed by atoms with Gasteiger partial charge in [0.05, 0.1) is 12.4 Å². The molecule has 0 aromatic carbocycles. The van der Waals surface area contributed by atoms with Gasteiger partial charge in [0.25, 0.3) is 0 Å². The number of aromatic carboxylic acids is 1. The van der Waals surface area contributed by atoms with E-state index in [9.17, 15) is 4.79 Å². The number of hydrogen-bond acceptors (Lipinski definition) is 4. The Morgan fingerprint density at radius 1 is 1.50 bits per heavy atom. The van der Waals surface area contributed by atoms with E-state index in [0.29, 0.717) is 0 Å². The lowest BCUT2D eigenvalue weighted by Gasteiger charge is -2.06. The summed E-state index contributed by atoms with van der Waals surface area (Å²) in [7, 11) is 0. The van der Waals surface area contributed by atoms with Gasteiger partial charge in [-0.3, -0.25) is 9.67 Å². The van der Waals surface area contributed by atoms with Gasteiger partial charge in [-0.1, -0.05) is 0 Å². The molecular weight excluding hydrogens is 234 g/mol. The molecule has 0 aliphatic heterocycles. The summed E-state index contributed by atoms with van der Waals surface area (Å²) >= 11 is 0. The number of carboxylic acid groups (broad SMARTS) is 1. The maximum Gasteiger partial charge on any atom is 0.339 e. The maximum atomic E-state index is 11.0. The molecule has 2 heterocycles.